The Bertz CT molecular complexity index is 1060. The lowest BCUT2D eigenvalue weighted by atomic mass is 10.0. The van der Waals surface area contributed by atoms with Gasteiger partial charge in [0.15, 0.2) is 5.69 Å². The Morgan fingerprint density at radius 2 is 1.93 bits per heavy atom. The van der Waals surface area contributed by atoms with E-state index in [1.807, 2.05) is 36.4 Å². The normalized spacial score (nSPS) is 13.4. The van der Waals surface area contributed by atoms with E-state index in [9.17, 15) is 9.59 Å². The van der Waals surface area contributed by atoms with Crippen molar-refractivity contribution >= 4 is 23.0 Å². The maximum Gasteiger partial charge on any atom is 0.289 e. The molecule has 0 saturated carbocycles. The molecule has 0 spiro atoms. The second-order valence-electron chi connectivity index (χ2n) is 7.51. The summed E-state index contributed by atoms with van der Waals surface area (Å²) in [5, 5.41) is 0. The average molecular weight is 390 g/mol. The van der Waals surface area contributed by atoms with Crippen LogP contribution < -0.4 is 4.90 Å². The molecule has 1 aliphatic rings. The Morgan fingerprint density at radius 3 is 2.76 bits per heavy atom. The predicted octanol–water partition coefficient (Wildman–Crippen LogP) is 3.80. The van der Waals surface area contributed by atoms with Gasteiger partial charge in [-0.1, -0.05) is 37.6 Å². The van der Waals surface area contributed by atoms with Crippen molar-refractivity contribution in [3.05, 3.63) is 65.7 Å². The number of hydrogen-bond donors (Lipinski definition) is 0. The molecule has 6 nitrogen and oxygen atoms in total. The maximum absolute atomic E-state index is 13.5. The minimum absolute atomic E-state index is 0.156. The fourth-order valence-corrected chi connectivity index (χ4v) is 3.89. The standard InChI is InChI=1S/C23H26N4O2/c1-3-4-14-25(2)23(29)21-24-20(19-13-7-8-15-26(19)21)22(28)27-16-9-11-17-10-5-6-12-18(17)27/h5-8,10,12-13,15H,3-4,9,11,14,16H2,1-2H3. The van der Waals surface area contributed by atoms with Crippen LogP contribution in [0.2, 0.25) is 0 Å². The number of unbranched alkanes of at least 4 members (excludes halogenated alkanes) is 1. The number of pyridine rings is 1. The maximum atomic E-state index is 13.5. The number of aryl methyl sites for hydroxylation is 1. The number of rotatable bonds is 5. The van der Waals surface area contributed by atoms with Gasteiger partial charge in [0.2, 0.25) is 5.82 Å². The zero-order chi connectivity index (χ0) is 20.4. The van der Waals surface area contributed by atoms with Gasteiger partial charge in [-0.2, -0.15) is 0 Å². The number of carbonyl (C=O) groups excluding carboxylic acids is 2. The van der Waals surface area contributed by atoms with Crippen LogP contribution in [-0.2, 0) is 6.42 Å². The second-order valence-corrected chi connectivity index (χ2v) is 7.51. The van der Waals surface area contributed by atoms with Crippen LogP contribution in [0, 0.1) is 0 Å². The summed E-state index contributed by atoms with van der Waals surface area (Å²) in [6.45, 7) is 3.41. The average Bonchev–Trinajstić information content (AvgIpc) is 3.15. The zero-order valence-electron chi connectivity index (χ0n) is 17.0. The van der Waals surface area contributed by atoms with Gasteiger partial charge >= 0.3 is 0 Å². The third kappa shape index (κ3) is 3.50. The van der Waals surface area contributed by atoms with Crippen LogP contribution in [0.4, 0.5) is 5.69 Å². The number of imidazole rings is 1. The molecule has 1 aliphatic heterocycles. The van der Waals surface area contributed by atoms with Crippen LogP contribution >= 0.6 is 0 Å². The van der Waals surface area contributed by atoms with Crippen LogP contribution in [0.1, 0.15) is 52.9 Å². The molecule has 4 rings (SSSR count). The second kappa shape index (κ2) is 8.07. The number of nitrogens with zero attached hydrogens (tertiary/aromatic N) is 4. The molecule has 29 heavy (non-hydrogen) atoms. The number of benzene rings is 1. The van der Waals surface area contributed by atoms with Crippen molar-refractivity contribution in [2.75, 3.05) is 25.0 Å². The first-order chi connectivity index (χ1) is 14.1. The highest BCUT2D eigenvalue weighted by Crippen LogP contribution is 2.29. The summed E-state index contributed by atoms with van der Waals surface area (Å²) in [5.41, 5.74) is 3.10. The van der Waals surface area contributed by atoms with Gasteiger partial charge in [-0.3, -0.25) is 14.0 Å². The summed E-state index contributed by atoms with van der Waals surface area (Å²) in [5.74, 6) is -0.0401. The van der Waals surface area contributed by atoms with Gasteiger partial charge in [0.05, 0.1) is 5.52 Å². The molecule has 0 radical (unpaired) electrons. The minimum atomic E-state index is -0.169. The number of para-hydroxylation sites is 1. The molecule has 0 saturated heterocycles. The smallest absolute Gasteiger partial charge is 0.289 e. The van der Waals surface area contributed by atoms with E-state index in [2.05, 4.69) is 18.0 Å². The van der Waals surface area contributed by atoms with E-state index in [-0.39, 0.29) is 17.6 Å². The molecule has 0 unspecified atom stereocenters. The van der Waals surface area contributed by atoms with Crippen molar-refractivity contribution in [2.24, 2.45) is 0 Å². The van der Waals surface area contributed by atoms with E-state index >= 15 is 0 Å². The largest absolute Gasteiger partial charge is 0.339 e. The molecule has 3 aromatic rings. The quantitative estimate of drug-likeness (QED) is 0.666. The Labute approximate surface area is 170 Å². The third-order valence-electron chi connectivity index (χ3n) is 5.49. The molecule has 0 bridgehead atoms. The molecular formula is C23H26N4O2. The third-order valence-corrected chi connectivity index (χ3v) is 5.49. The number of anilines is 1. The molecular weight excluding hydrogens is 364 g/mol. The first-order valence-electron chi connectivity index (χ1n) is 10.2. The van der Waals surface area contributed by atoms with Gasteiger partial charge < -0.3 is 9.80 Å². The van der Waals surface area contributed by atoms with E-state index in [0.29, 0.717) is 24.3 Å². The van der Waals surface area contributed by atoms with E-state index in [4.69, 9.17) is 0 Å². The Kier molecular flexibility index (Phi) is 5.34. The number of hydrogen-bond acceptors (Lipinski definition) is 3. The predicted molar refractivity (Wildman–Crippen MR) is 114 cm³/mol. The number of fused-ring (bicyclic) bond motifs is 2. The number of aromatic nitrogens is 2. The van der Waals surface area contributed by atoms with E-state index < -0.39 is 0 Å². The lowest BCUT2D eigenvalue weighted by molar-refractivity contribution is 0.0780. The molecule has 150 valence electrons. The minimum Gasteiger partial charge on any atom is -0.339 e. The lowest BCUT2D eigenvalue weighted by Gasteiger charge is -2.28. The van der Waals surface area contributed by atoms with Crippen molar-refractivity contribution in [3.63, 3.8) is 0 Å². The molecule has 6 heteroatoms. The van der Waals surface area contributed by atoms with Gasteiger partial charge in [-0.15, -0.1) is 0 Å². The van der Waals surface area contributed by atoms with E-state index in [0.717, 1.165) is 31.4 Å². The van der Waals surface area contributed by atoms with E-state index in [1.165, 1.54) is 5.56 Å². The summed E-state index contributed by atoms with van der Waals surface area (Å²) >= 11 is 0. The van der Waals surface area contributed by atoms with Crippen molar-refractivity contribution in [3.8, 4) is 0 Å². The van der Waals surface area contributed by atoms with Crippen molar-refractivity contribution < 1.29 is 9.59 Å². The Balaban J connectivity index is 1.74. The summed E-state index contributed by atoms with van der Waals surface area (Å²) in [6.07, 6.45) is 5.63. The summed E-state index contributed by atoms with van der Waals surface area (Å²) in [4.78, 5) is 34.5. The first-order valence-corrected chi connectivity index (χ1v) is 10.2. The topological polar surface area (TPSA) is 57.9 Å². The van der Waals surface area contributed by atoms with Crippen LogP contribution in [0.3, 0.4) is 0 Å². The summed E-state index contributed by atoms with van der Waals surface area (Å²) < 4.78 is 1.73. The fraction of sp³-hybridized carbons (Fsp3) is 0.348. The van der Waals surface area contributed by atoms with Crippen LogP contribution in [0.25, 0.3) is 5.52 Å². The molecule has 0 fully saturated rings. The Hall–Kier alpha value is -3.15. The number of amides is 2. The lowest BCUT2D eigenvalue weighted by Crippen LogP contribution is -2.36. The molecule has 0 aliphatic carbocycles. The number of carbonyl (C=O) groups is 2. The van der Waals surface area contributed by atoms with Gasteiger partial charge in [-0.05, 0) is 43.0 Å². The van der Waals surface area contributed by atoms with Gasteiger partial charge in [-0.25, -0.2) is 4.98 Å². The van der Waals surface area contributed by atoms with Gasteiger partial charge in [0.25, 0.3) is 11.8 Å². The monoisotopic (exact) mass is 390 g/mol. The molecule has 1 aromatic carbocycles. The summed E-state index contributed by atoms with van der Waals surface area (Å²) in [6, 6.07) is 13.6. The highest BCUT2D eigenvalue weighted by molar-refractivity contribution is 6.10. The first kappa shape index (κ1) is 19.2. The molecule has 2 aromatic heterocycles. The molecule has 3 heterocycles. The SMILES string of the molecule is CCCCN(C)C(=O)c1nc(C(=O)N2CCCc3ccccc32)c2ccccn12. The molecule has 0 N–H and O–H groups in total. The van der Waals surface area contributed by atoms with E-state index in [1.54, 1.807) is 27.4 Å². The van der Waals surface area contributed by atoms with Crippen LogP contribution in [0.15, 0.2) is 48.7 Å². The fourth-order valence-electron chi connectivity index (χ4n) is 3.89. The van der Waals surface area contributed by atoms with Gasteiger partial charge in [0.1, 0.15) is 0 Å². The Morgan fingerprint density at radius 1 is 1.14 bits per heavy atom. The highest BCUT2D eigenvalue weighted by atomic mass is 16.2. The zero-order valence-corrected chi connectivity index (χ0v) is 17.0. The van der Waals surface area contributed by atoms with Crippen molar-refractivity contribution in [2.45, 2.75) is 32.6 Å². The van der Waals surface area contributed by atoms with Crippen LogP contribution in [0.5, 0.6) is 0 Å². The molecule has 0 atom stereocenters. The van der Waals surface area contributed by atoms with Gasteiger partial charge in [0, 0.05) is 32.0 Å². The van der Waals surface area contributed by atoms with Crippen LogP contribution in [-0.4, -0.2) is 46.2 Å². The summed E-state index contributed by atoms with van der Waals surface area (Å²) in [7, 11) is 1.78. The van der Waals surface area contributed by atoms with Crippen molar-refractivity contribution in [1.82, 2.24) is 14.3 Å². The highest BCUT2D eigenvalue weighted by Gasteiger charge is 2.29. The van der Waals surface area contributed by atoms with Crippen molar-refractivity contribution in [1.29, 1.82) is 0 Å². The molecule has 2 amide bonds.